The number of aromatic nitrogens is 3. The lowest BCUT2D eigenvalue weighted by atomic mass is 10.1. The summed E-state index contributed by atoms with van der Waals surface area (Å²) in [5.74, 6) is -0.958. The van der Waals surface area contributed by atoms with Crippen LogP contribution < -0.4 is 11.1 Å². The Labute approximate surface area is 144 Å². The molecular weight excluding hydrogens is 321 g/mol. The highest BCUT2D eigenvalue weighted by Gasteiger charge is 2.12. The Bertz CT molecular complexity index is 912. The van der Waals surface area contributed by atoms with E-state index in [0.29, 0.717) is 22.6 Å². The van der Waals surface area contributed by atoms with Gasteiger partial charge in [-0.2, -0.15) is 0 Å². The monoisotopic (exact) mass is 337 g/mol. The molecule has 3 aromatic rings. The number of nitrogens with two attached hydrogens (primary N) is 1. The highest BCUT2D eigenvalue weighted by molar-refractivity contribution is 5.95. The highest BCUT2D eigenvalue weighted by Crippen LogP contribution is 2.25. The fraction of sp³-hybridized carbons (Fsp3) is 0.111. The molecule has 0 atom stereocenters. The third-order valence-corrected chi connectivity index (χ3v) is 3.54. The van der Waals surface area contributed by atoms with Crippen LogP contribution in [0.1, 0.15) is 21.7 Å². The summed E-state index contributed by atoms with van der Waals surface area (Å²) in [5, 5.41) is 2.70. The van der Waals surface area contributed by atoms with Gasteiger partial charge in [-0.05, 0) is 37.3 Å². The van der Waals surface area contributed by atoms with Crippen LogP contribution in [0.25, 0.3) is 11.3 Å². The summed E-state index contributed by atoms with van der Waals surface area (Å²) < 4.78 is 13.9. The van der Waals surface area contributed by atoms with Crippen molar-refractivity contribution in [3.8, 4) is 11.3 Å². The first-order valence-corrected chi connectivity index (χ1v) is 7.60. The molecule has 0 aliphatic heterocycles. The van der Waals surface area contributed by atoms with Gasteiger partial charge in [-0.25, -0.2) is 4.39 Å². The zero-order valence-corrected chi connectivity index (χ0v) is 13.5. The maximum absolute atomic E-state index is 13.9. The van der Waals surface area contributed by atoms with Gasteiger partial charge in [-0.15, -0.1) is 0 Å². The quantitative estimate of drug-likeness (QED) is 0.763. The van der Waals surface area contributed by atoms with Crippen LogP contribution in [0.3, 0.4) is 0 Å². The van der Waals surface area contributed by atoms with Crippen LogP contribution in [0.2, 0.25) is 0 Å². The van der Waals surface area contributed by atoms with Crippen LogP contribution >= 0.6 is 0 Å². The maximum Gasteiger partial charge on any atom is 0.251 e. The fourth-order valence-corrected chi connectivity index (χ4v) is 2.30. The molecule has 2 aromatic heterocycles. The van der Waals surface area contributed by atoms with E-state index in [4.69, 9.17) is 5.73 Å². The van der Waals surface area contributed by atoms with Gasteiger partial charge in [0.05, 0.1) is 35.5 Å². The van der Waals surface area contributed by atoms with Gasteiger partial charge in [0, 0.05) is 23.5 Å². The molecule has 25 heavy (non-hydrogen) atoms. The van der Waals surface area contributed by atoms with E-state index in [1.807, 2.05) is 6.92 Å². The summed E-state index contributed by atoms with van der Waals surface area (Å²) in [7, 11) is 0. The van der Waals surface area contributed by atoms with Gasteiger partial charge in [-0.3, -0.25) is 19.7 Å². The van der Waals surface area contributed by atoms with E-state index in [-0.39, 0.29) is 12.1 Å². The number of halogens is 1. The molecule has 0 bridgehead atoms. The molecule has 3 N–H and O–H groups in total. The number of pyridine rings is 1. The molecule has 0 spiro atoms. The van der Waals surface area contributed by atoms with Crippen molar-refractivity contribution in [3.63, 3.8) is 0 Å². The molecule has 126 valence electrons. The van der Waals surface area contributed by atoms with E-state index >= 15 is 0 Å². The van der Waals surface area contributed by atoms with Gasteiger partial charge < -0.3 is 11.1 Å². The largest absolute Gasteiger partial charge is 0.397 e. The molecule has 0 radical (unpaired) electrons. The van der Waals surface area contributed by atoms with E-state index in [0.717, 1.165) is 5.69 Å². The summed E-state index contributed by atoms with van der Waals surface area (Å²) in [6, 6.07) is 7.37. The zero-order chi connectivity index (χ0) is 17.8. The molecule has 0 unspecified atom stereocenters. The lowest BCUT2D eigenvalue weighted by molar-refractivity contribution is 0.0950. The van der Waals surface area contributed by atoms with Crippen molar-refractivity contribution in [2.75, 3.05) is 5.73 Å². The Balaban J connectivity index is 1.81. The first-order chi connectivity index (χ1) is 12.0. The maximum atomic E-state index is 13.9. The van der Waals surface area contributed by atoms with Gasteiger partial charge >= 0.3 is 0 Å². The van der Waals surface area contributed by atoms with Crippen molar-refractivity contribution in [3.05, 3.63) is 71.7 Å². The van der Waals surface area contributed by atoms with Gasteiger partial charge in [0.25, 0.3) is 5.91 Å². The lowest BCUT2D eigenvalue weighted by Gasteiger charge is -2.09. The number of nitrogens with one attached hydrogen (secondary N) is 1. The minimum Gasteiger partial charge on any atom is -0.397 e. The average molecular weight is 337 g/mol. The van der Waals surface area contributed by atoms with Crippen LogP contribution in [0.5, 0.6) is 0 Å². The second-order valence-electron chi connectivity index (χ2n) is 5.50. The lowest BCUT2D eigenvalue weighted by Crippen LogP contribution is -2.23. The van der Waals surface area contributed by atoms with Crippen LogP contribution in [0.4, 0.5) is 10.1 Å². The fourth-order valence-electron chi connectivity index (χ4n) is 2.30. The third kappa shape index (κ3) is 3.95. The van der Waals surface area contributed by atoms with Crippen molar-refractivity contribution in [2.45, 2.75) is 13.5 Å². The SMILES string of the molecule is Cc1cnc(CNC(=O)c2cc(F)cc(-c3ncccc3N)c2)cn1. The highest BCUT2D eigenvalue weighted by atomic mass is 19.1. The number of hydrogen-bond donors (Lipinski definition) is 2. The topological polar surface area (TPSA) is 93.8 Å². The first kappa shape index (κ1) is 16.5. The molecule has 0 saturated carbocycles. The minimum atomic E-state index is -0.539. The Morgan fingerprint density at radius 3 is 2.76 bits per heavy atom. The molecule has 0 saturated heterocycles. The number of nitrogen functional groups attached to an aromatic ring is 1. The summed E-state index contributed by atoms with van der Waals surface area (Å²) in [6.45, 7) is 2.02. The first-order valence-electron chi connectivity index (χ1n) is 7.60. The average Bonchev–Trinajstić information content (AvgIpc) is 2.61. The Kier molecular flexibility index (Phi) is 4.65. The molecule has 3 rings (SSSR count). The van der Waals surface area contributed by atoms with Crippen molar-refractivity contribution < 1.29 is 9.18 Å². The summed E-state index contributed by atoms with van der Waals surface area (Å²) in [5.41, 5.74) is 8.75. The molecular formula is C18H16FN5O. The number of rotatable bonds is 4. The summed E-state index contributed by atoms with van der Waals surface area (Å²) in [4.78, 5) is 24.8. The van der Waals surface area contributed by atoms with Crippen molar-refractivity contribution in [1.29, 1.82) is 0 Å². The molecule has 0 fully saturated rings. The van der Waals surface area contributed by atoms with E-state index in [9.17, 15) is 9.18 Å². The minimum absolute atomic E-state index is 0.181. The van der Waals surface area contributed by atoms with E-state index in [1.165, 1.54) is 12.1 Å². The molecule has 7 heteroatoms. The number of amides is 1. The number of nitrogens with zero attached hydrogens (tertiary/aromatic N) is 3. The van der Waals surface area contributed by atoms with Gasteiger partial charge in [0.1, 0.15) is 5.82 Å². The molecule has 2 heterocycles. The number of aryl methyl sites for hydroxylation is 1. The van der Waals surface area contributed by atoms with Crippen LogP contribution in [0, 0.1) is 12.7 Å². The Morgan fingerprint density at radius 1 is 1.20 bits per heavy atom. The molecule has 6 nitrogen and oxygen atoms in total. The zero-order valence-electron chi connectivity index (χ0n) is 13.5. The van der Waals surface area contributed by atoms with Gasteiger partial charge in [0.2, 0.25) is 0 Å². The van der Waals surface area contributed by atoms with Crippen molar-refractivity contribution in [1.82, 2.24) is 20.3 Å². The second kappa shape index (κ2) is 7.04. The third-order valence-electron chi connectivity index (χ3n) is 3.54. The van der Waals surface area contributed by atoms with Gasteiger partial charge in [-0.1, -0.05) is 0 Å². The number of carbonyl (C=O) groups excluding carboxylic acids is 1. The number of hydrogen-bond acceptors (Lipinski definition) is 5. The summed E-state index contributed by atoms with van der Waals surface area (Å²) >= 11 is 0. The van der Waals surface area contributed by atoms with Crippen LogP contribution in [-0.4, -0.2) is 20.9 Å². The van der Waals surface area contributed by atoms with Gasteiger partial charge in [0.15, 0.2) is 0 Å². The predicted molar refractivity (Wildman–Crippen MR) is 92.0 cm³/mol. The Hall–Kier alpha value is -3.35. The number of benzene rings is 1. The number of carbonyl (C=O) groups is 1. The Morgan fingerprint density at radius 2 is 2.04 bits per heavy atom. The summed E-state index contributed by atoms with van der Waals surface area (Å²) in [6.07, 6.45) is 4.76. The van der Waals surface area contributed by atoms with Crippen molar-refractivity contribution in [2.24, 2.45) is 0 Å². The second-order valence-corrected chi connectivity index (χ2v) is 5.50. The van der Waals surface area contributed by atoms with Crippen LogP contribution in [0.15, 0.2) is 48.9 Å². The standard InChI is InChI=1S/C18H16FN5O/c1-11-8-23-15(9-22-11)10-24-18(25)13-5-12(6-14(19)7-13)17-16(20)3-2-4-21-17/h2-9H,10,20H2,1H3,(H,24,25). The smallest absolute Gasteiger partial charge is 0.251 e. The van der Waals surface area contributed by atoms with E-state index in [2.05, 4.69) is 20.3 Å². The van der Waals surface area contributed by atoms with Crippen LogP contribution in [-0.2, 0) is 6.54 Å². The normalized spacial score (nSPS) is 10.5. The molecule has 1 aromatic carbocycles. The number of anilines is 1. The predicted octanol–water partition coefficient (Wildman–Crippen LogP) is 2.50. The van der Waals surface area contributed by atoms with Crippen molar-refractivity contribution >= 4 is 11.6 Å². The van der Waals surface area contributed by atoms with E-state index < -0.39 is 11.7 Å². The molecule has 0 aliphatic rings. The molecule has 0 aliphatic carbocycles. The van der Waals surface area contributed by atoms with E-state index in [1.54, 1.807) is 36.8 Å². The molecule has 1 amide bonds.